The highest BCUT2D eigenvalue weighted by molar-refractivity contribution is 6.42. The van der Waals surface area contributed by atoms with E-state index in [2.05, 4.69) is 10.6 Å². The quantitative estimate of drug-likeness (QED) is 0.586. The van der Waals surface area contributed by atoms with Crippen LogP contribution in [0.1, 0.15) is 20.7 Å². The molecule has 10 heteroatoms. The van der Waals surface area contributed by atoms with Gasteiger partial charge in [-0.3, -0.25) is 19.2 Å². The highest BCUT2D eigenvalue weighted by atomic mass is 35.5. The zero-order valence-electron chi connectivity index (χ0n) is 14.3. The van der Waals surface area contributed by atoms with Crippen LogP contribution in [0.3, 0.4) is 0 Å². The number of nitrogens with one attached hydrogen (secondary N) is 2. The highest BCUT2D eigenvalue weighted by Gasteiger charge is 2.12. The topological polar surface area (TPSA) is 128 Å². The van der Waals surface area contributed by atoms with Crippen molar-refractivity contribution in [2.45, 2.75) is 0 Å². The van der Waals surface area contributed by atoms with Crippen molar-refractivity contribution < 1.29 is 23.9 Å². The number of esters is 1. The molecule has 0 saturated heterocycles. The number of nitrogens with two attached hydrogens (primary N) is 1. The first kappa shape index (κ1) is 21.2. The van der Waals surface area contributed by atoms with Crippen molar-refractivity contribution in [2.75, 3.05) is 18.5 Å². The van der Waals surface area contributed by atoms with Gasteiger partial charge in [-0.15, -0.1) is 0 Å². The van der Waals surface area contributed by atoms with Crippen LogP contribution in [0.25, 0.3) is 0 Å². The molecule has 4 N–H and O–H groups in total. The summed E-state index contributed by atoms with van der Waals surface area (Å²) in [5, 5.41) is 5.33. The molecule has 2 aromatic rings. The average molecular weight is 424 g/mol. The van der Waals surface area contributed by atoms with Gasteiger partial charge in [-0.25, -0.2) is 0 Å². The molecule has 3 amide bonds. The third kappa shape index (κ3) is 6.26. The molecule has 2 rings (SSSR count). The molecule has 28 heavy (non-hydrogen) atoms. The Balaban J connectivity index is 1.75. The van der Waals surface area contributed by atoms with Crippen LogP contribution in [0.2, 0.25) is 10.0 Å². The minimum absolute atomic E-state index is 0.206. The number of rotatable bonds is 7. The van der Waals surface area contributed by atoms with Gasteiger partial charge in [0.1, 0.15) is 6.54 Å². The van der Waals surface area contributed by atoms with Gasteiger partial charge in [0.15, 0.2) is 6.61 Å². The molecular weight excluding hydrogens is 409 g/mol. The molecule has 0 radical (unpaired) electrons. The molecule has 2 aromatic carbocycles. The van der Waals surface area contributed by atoms with E-state index >= 15 is 0 Å². The van der Waals surface area contributed by atoms with Gasteiger partial charge in [-0.1, -0.05) is 23.2 Å². The molecule has 8 nitrogen and oxygen atoms in total. The van der Waals surface area contributed by atoms with Gasteiger partial charge in [0, 0.05) is 16.8 Å². The van der Waals surface area contributed by atoms with Crippen molar-refractivity contribution in [1.29, 1.82) is 0 Å². The van der Waals surface area contributed by atoms with Crippen molar-refractivity contribution in [1.82, 2.24) is 5.32 Å². The van der Waals surface area contributed by atoms with E-state index in [-0.39, 0.29) is 10.6 Å². The zero-order chi connectivity index (χ0) is 20.7. The summed E-state index contributed by atoms with van der Waals surface area (Å²) in [5.41, 5.74) is 6.04. The summed E-state index contributed by atoms with van der Waals surface area (Å²) in [5.74, 6) is -2.52. The van der Waals surface area contributed by atoms with Crippen molar-refractivity contribution in [3.05, 3.63) is 63.6 Å². The Morgan fingerprint density at radius 3 is 2.18 bits per heavy atom. The molecule has 0 aromatic heterocycles. The van der Waals surface area contributed by atoms with E-state index in [1.54, 1.807) is 0 Å². The Labute approximate surface area is 169 Å². The number of carbonyl (C=O) groups is 4. The molecular formula is C18H15Cl2N3O5. The molecule has 0 spiro atoms. The maximum atomic E-state index is 11.9. The summed E-state index contributed by atoms with van der Waals surface area (Å²) in [7, 11) is 0. The van der Waals surface area contributed by atoms with Crippen LogP contribution < -0.4 is 16.4 Å². The van der Waals surface area contributed by atoms with Crippen LogP contribution in [0.5, 0.6) is 0 Å². The number of hydrogen-bond acceptors (Lipinski definition) is 5. The monoisotopic (exact) mass is 423 g/mol. The number of benzene rings is 2. The third-order valence-electron chi connectivity index (χ3n) is 3.39. The van der Waals surface area contributed by atoms with Crippen LogP contribution in [-0.4, -0.2) is 36.8 Å². The number of primary amides is 1. The lowest BCUT2D eigenvalue weighted by Crippen LogP contribution is -2.32. The van der Waals surface area contributed by atoms with E-state index in [0.29, 0.717) is 16.3 Å². The van der Waals surface area contributed by atoms with Gasteiger partial charge in [-0.2, -0.15) is 0 Å². The second-order valence-corrected chi connectivity index (χ2v) is 6.28. The SMILES string of the molecule is NC(=O)c1ccc(NC(=O)COC(=O)CNC(=O)c2ccc(Cl)c(Cl)c2)cc1. The fraction of sp³-hybridized carbons (Fsp3) is 0.111. The molecule has 0 fully saturated rings. The number of amides is 3. The Kier molecular flexibility index (Phi) is 7.36. The Morgan fingerprint density at radius 1 is 0.929 bits per heavy atom. The second kappa shape index (κ2) is 9.72. The van der Waals surface area contributed by atoms with Gasteiger partial charge >= 0.3 is 5.97 Å². The molecule has 0 atom stereocenters. The lowest BCUT2D eigenvalue weighted by Gasteiger charge is -2.08. The van der Waals surface area contributed by atoms with Crippen LogP contribution >= 0.6 is 23.2 Å². The highest BCUT2D eigenvalue weighted by Crippen LogP contribution is 2.22. The number of hydrogen-bond donors (Lipinski definition) is 3. The first-order valence-corrected chi connectivity index (χ1v) is 8.60. The maximum absolute atomic E-state index is 11.9. The van der Waals surface area contributed by atoms with E-state index < -0.39 is 36.8 Å². The Morgan fingerprint density at radius 2 is 1.57 bits per heavy atom. The van der Waals surface area contributed by atoms with E-state index in [9.17, 15) is 19.2 Å². The molecule has 0 saturated carbocycles. The smallest absolute Gasteiger partial charge is 0.325 e. The van der Waals surface area contributed by atoms with Crippen LogP contribution in [0, 0.1) is 0 Å². The fourth-order valence-corrected chi connectivity index (χ4v) is 2.30. The Bertz CT molecular complexity index is 916. The predicted octanol–water partition coefficient (Wildman–Crippen LogP) is 2.00. The number of ether oxygens (including phenoxy) is 1. The number of carbonyl (C=O) groups excluding carboxylic acids is 4. The van der Waals surface area contributed by atoms with Gasteiger partial charge in [0.2, 0.25) is 5.91 Å². The van der Waals surface area contributed by atoms with Gasteiger partial charge in [0.25, 0.3) is 11.8 Å². The van der Waals surface area contributed by atoms with Gasteiger partial charge in [0.05, 0.1) is 10.0 Å². The van der Waals surface area contributed by atoms with E-state index in [1.807, 2.05) is 0 Å². The first-order valence-electron chi connectivity index (χ1n) is 7.85. The summed E-state index contributed by atoms with van der Waals surface area (Å²) in [6.45, 7) is -0.973. The molecule has 0 aliphatic rings. The molecule has 0 heterocycles. The third-order valence-corrected chi connectivity index (χ3v) is 4.13. The summed E-state index contributed by atoms with van der Waals surface area (Å²) in [4.78, 5) is 46.3. The minimum atomic E-state index is -0.798. The normalized spacial score (nSPS) is 10.1. The fourth-order valence-electron chi connectivity index (χ4n) is 2.00. The zero-order valence-corrected chi connectivity index (χ0v) is 15.8. The second-order valence-electron chi connectivity index (χ2n) is 5.46. The van der Waals surface area contributed by atoms with Crippen LogP contribution in [0.4, 0.5) is 5.69 Å². The number of anilines is 1. The molecule has 0 unspecified atom stereocenters. The van der Waals surface area contributed by atoms with E-state index in [4.69, 9.17) is 33.7 Å². The summed E-state index contributed by atoms with van der Waals surface area (Å²) in [6, 6.07) is 10.1. The first-order chi connectivity index (χ1) is 13.3. The molecule has 0 aliphatic carbocycles. The maximum Gasteiger partial charge on any atom is 0.325 e. The van der Waals surface area contributed by atoms with Crippen LogP contribution in [0.15, 0.2) is 42.5 Å². The van der Waals surface area contributed by atoms with Gasteiger partial charge in [-0.05, 0) is 42.5 Å². The standard InChI is InChI=1S/C18H15Cl2N3O5/c19-13-6-3-11(7-14(13)20)18(27)22-8-16(25)28-9-15(24)23-12-4-1-10(2-5-12)17(21)26/h1-7H,8-9H2,(H2,21,26)(H,22,27)(H,23,24). The number of halogens is 2. The van der Waals surface area contributed by atoms with E-state index in [1.165, 1.54) is 42.5 Å². The van der Waals surface area contributed by atoms with E-state index in [0.717, 1.165) is 0 Å². The lowest BCUT2D eigenvalue weighted by atomic mass is 10.2. The minimum Gasteiger partial charge on any atom is -0.454 e. The summed E-state index contributed by atoms with van der Waals surface area (Å²) in [6.07, 6.45) is 0. The average Bonchev–Trinajstić information content (AvgIpc) is 2.67. The van der Waals surface area contributed by atoms with Crippen molar-refractivity contribution >= 4 is 52.6 Å². The molecule has 146 valence electrons. The van der Waals surface area contributed by atoms with Crippen molar-refractivity contribution in [3.63, 3.8) is 0 Å². The molecule has 0 aliphatic heterocycles. The summed E-state index contributed by atoms with van der Waals surface area (Å²) >= 11 is 11.6. The Hall–Kier alpha value is -3.10. The lowest BCUT2D eigenvalue weighted by molar-refractivity contribution is -0.146. The molecule has 0 bridgehead atoms. The largest absolute Gasteiger partial charge is 0.454 e. The van der Waals surface area contributed by atoms with Crippen molar-refractivity contribution in [2.24, 2.45) is 5.73 Å². The van der Waals surface area contributed by atoms with Crippen molar-refractivity contribution in [3.8, 4) is 0 Å². The van der Waals surface area contributed by atoms with Gasteiger partial charge < -0.3 is 21.1 Å². The summed E-state index contributed by atoms with van der Waals surface area (Å²) < 4.78 is 4.78. The van der Waals surface area contributed by atoms with Crippen LogP contribution in [-0.2, 0) is 14.3 Å². The predicted molar refractivity (Wildman–Crippen MR) is 103 cm³/mol.